The molecule has 35 heavy (non-hydrogen) atoms. The van der Waals surface area contributed by atoms with E-state index in [2.05, 4.69) is 0 Å². The molecule has 1 unspecified atom stereocenters. The average molecular weight is 531 g/mol. The Labute approximate surface area is 209 Å². The predicted octanol–water partition coefficient (Wildman–Crippen LogP) is 1.99. The first-order valence-electron chi connectivity index (χ1n) is 11.4. The molecule has 0 aliphatic heterocycles. The molecule has 0 rings (SSSR count). The average Bonchev–Trinajstić information content (AvgIpc) is 2.71. The third kappa shape index (κ3) is 15.6. The Kier molecular flexibility index (Phi) is 14.7. The largest absolute Gasteiger partial charge is 0.472 e. The number of ether oxygens (including phenoxy) is 5. The Morgan fingerprint density at radius 2 is 1.29 bits per heavy atom. The molecule has 13 heteroatoms. The fraction of sp³-hybridized carbons (Fsp3) is 0.909. The van der Waals surface area contributed by atoms with E-state index in [4.69, 9.17) is 32.7 Å². The van der Waals surface area contributed by atoms with Gasteiger partial charge in [-0.1, -0.05) is 0 Å². The molecule has 0 spiro atoms. The first-order chi connectivity index (χ1) is 16.0. The monoisotopic (exact) mass is 530 g/mol. The summed E-state index contributed by atoms with van der Waals surface area (Å²) in [5, 5.41) is 0. The molecule has 208 valence electrons. The van der Waals surface area contributed by atoms with Crippen molar-refractivity contribution in [1.29, 1.82) is 0 Å². The van der Waals surface area contributed by atoms with E-state index in [9.17, 15) is 19.0 Å². The van der Waals surface area contributed by atoms with E-state index < -0.39 is 36.9 Å². The third-order valence-corrected chi connectivity index (χ3v) is 5.83. The van der Waals surface area contributed by atoms with Gasteiger partial charge >= 0.3 is 19.8 Å². The van der Waals surface area contributed by atoms with Gasteiger partial charge < -0.3 is 33.1 Å². The van der Waals surface area contributed by atoms with Crippen LogP contribution in [0.2, 0.25) is 0 Å². The molecule has 0 fully saturated rings. The highest BCUT2D eigenvalue weighted by molar-refractivity contribution is 7.47. The number of phosphoric acid groups is 1. The maximum Gasteiger partial charge on any atom is 0.472 e. The van der Waals surface area contributed by atoms with Crippen LogP contribution in [0.3, 0.4) is 0 Å². The van der Waals surface area contributed by atoms with Crippen molar-refractivity contribution in [2.24, 2.45) is 10.8 Å². The van der Waals surface area contributed by atoms with Crippen LogP contribution in [-0.2, 0) is 46.9 Å². The molecule has 0 bridgehead atoms. The summed E-state index contributed by atoms with van der Waals surface area (Å²) in [7, 11) is 4.51. The van der Waals surface area contributed by atoms with Crippen molar-refractivity contribution in [1.82, 2.24) is 0 Å². The van der Waals surface area contributed by atoms with Crippen LogP contribution in [0.15, 0.2) is 0 Å². The fourth-order valence-corrected chi connectivity index (χ4v) is 3.69. The zero-order valence-corrected chi connectivity index (χ0v) is 23.6. The molecular formula is C22H45NO11P+. The number of nitrogens with zero attached hydrogens (tertiary/aromatic N) is 1. The number of quaternary nitrogens is 1. The Bertz CT molecular complexity index is 687. The molecule has 0 aliphatic rings. The van der Waals surface area contributed by atoms with E-state index in [0.717, 1.165) is 0 Å². The summed E-state index contributed by atoms with van der Waals surface area (Å²) in [6.45, 7) is 7.08. The van der Waals surface area contributed by atoms with Gasteiger partial charge in [0, 0.05) is 14.2 Å². The van der Waals surface area contributed by atoms with Crippen LogP contribution >= 0.6 is 7.82 Å². The Hall–Kier alpha value is -1.11. The molecule has 1 N–H and O–H groups in total. The highest BCUT2D eigenvalue weighted by atomic mass is 31.2. The van der Waals surface area contributed by atoms with Crippen LogP contribution in [0.25, 0.3) is 0 Å². The second kappa shape index (κ2) is 15.2. The van der Waals surface area contributed by atoms with E-state index in [1.165, 1.54) is 14.2 Å². The highest BCUT2D eigenvalue weighted by Gasteiger charge is 2.41. The number of likely N-dealkylation sites (N-methyl/N-ethyl adjacent to an activating group) is 1. The minimum atomic E-state index is -4.24. The SMILES string of the molecule is COC(COCCOC(=O)C(C)(C)CC(C)(C)C(=O)OCCOP(=O)(O)OCC[N+](C)(C)C)OC. The van der Waals surface area contributed by atoms with Crippen LogP contribution < -0.4 is 0 Å². The van der Waals surface area contributed by atoms with Gasteiger partial charge in [-0.2, -0.15) is 0 Å². The van der Waals surface area contributed by atoms with Crippen molar-refractivity contribution < 1.29 is 56.3 Å². The molecule has 0 aromatic carbocycles. The molecule has 0 radical (unpaired) electrons. The Morgan fingerprint density at radius 3 is 1.74 bits per heavy atom. The number of phosphoric ester groups is 1. The lowest BCUT2D eigenvalue weighted by Crippen LogP contribution is -2.38. The maximum absolute atomic E-state index is 12.6. The molecule has 0 heterocycles. The number of carbonyl (C=O) groups excluding carboxylic acids is 2. The van der Waals surface area contributed by atoms with Gasteiger partial charge in [0.05, 0.1) is 51.8 Å². The smallest absolute Gasteiger partial charge is 0.463 e. The van der Waals surface area contributed by atoms with Crippen molar-refractivity contribution in [2.75, 3.05) is 81.5 Å². The van der Waals surface area contributed by atoms with Crippen molar-refractivity contribution in [3.8, 4) is 0 Å². The Balaban J connectivity index is 4.43. The first-order valence-corrected chi connectivity index (χ1v) is 12.9. The van der Waals surface area contributed by atoms with Gasteiger partial charge in [0.25, 0.3) is 0 Å². The van der Waals surface area contributed by atoms with E-state index >= 15 is 0 Å². The quantitative estimate of drug-likeness (QED) is 0.0863. The third-order valence-electron chi connectivity index (χ3n) is 4.82. The van der Waals surface area contributed by atoms with Crippen LogP contribution in [0.5, 0.6) is 0 Å². The maximum atomic E-state index is 12.6. The summed E-state index contributed by atoms with van der Waals surface area (Å²) < 4.78 is 48.0. The minimum Gasteiger partial charge on any atom is -0.463 e. The molecule has 0 aromatic heterocycles. The van der Waals surface area contributed by atoms with E-state index in [1.54, 1.807) is 27.7 Å². The molecule has 0 saturated carbocycles. The summed E-state index contributed by atoms with van der Waals surface area (Å²) in [5.74, 6) is -1.05. The van der Waals surface area contributed by atoms with E-state index in [0.29, 0.717) is 11.0 Å². The topological polar surface area (TPSA) is 136 Å². The summed E-state index contributed by atoms with van der Waals surface area (Å²) in [4.78, 5) is 34.8. The van der Waals surface area contributed by atoms with Crippen molar-refractivity contribution >= 4 is 19.8 Å². The second-order valence-corrected chi connectivity index (χ2v) is 11.8. The van der Waals surface area contributed by atoms with Crippen molar-refractivity contribution in [3.05, 3.63) is 0 Å². The first kappa shape index (κ1) is 33.9. The van der Waals surface area contributed by atoms with Gasteiger partial charge in [-0.05, 0) is 34.1 Å². The standard InChI is InChI=1S/C22H44NO11P/c1-21(2,19(24)31-13-12-30-16-18(28-8)29-9)17-22(3,4)20(25)32-14-15-34-35(26,27)33-11-10-23(5,6)7/h18H,10-17H2,1-9H3/p+1. The van der Waals surface area contributed by atoms with Crippen LogP contribution in [0, 0.1) is 10.8 Å². The van der Waals surface area contributed by atoms with Crippen LogP contribution in [-0.4, -0.2) is 109 Å². The number of hydrogen-bond donors (Lipinski definition) is 1. The predicted molar refractivity (Wildman–Crippen MR) is 127 cm³/mol. The van der Waals surface area contributed by atoms with Gasteiger partial charge in [0.2, 0.25) is 0 Å². The molecule has 12 nitrogen and oxygen atoms in total. The molecule has 0 amide bonds. The Morgan fingerprint density at radius 1 is 0.829 bits per heavy atom. The summed E-state index contributed by atoms with van der Waals surface area (Å²) in [6.07, 6.45) is -0.342. The van der Waals surface area contributed by atoms with Crippen LogP contribution in [0.4, 0.5) is 0 Å². The lowest BCUT2D eigenvalue weighted by atomic mass is 9.75. The van der Waals surface area contributed by atoms with Crippen LogP contribution in [0.1, 0.15) is 34.1 Å². The van der Waals surface area contributed by atoms with Crippen molar-refractivity contribution in [2.45, 2.75) is 40.4 Å². The van der Waals surface area contributed by atoms with Gasteiger partial charge in [-0.15, -0.1) is 0 Å². The molecule has 0 saturated heterocycles. The van der Waals surface area contributed by atoms with Gasteiger partial charge in [-0.25, -0.2) is 4.57 Å². The number of esters is 2. The van der Waals surface area contributed by atoms with E-state index in [-0.39, 0.29) is 46.1 Å². The van der Waals surface area contributed by atoms with Crippen molar-refractivity contribution in [3.63, 3.8) is 0 Å². The lowest BCUT2D eigenvalue weighted by Gasteiger charge is -2.31. The molecule has 0 aliphatic carbocycles. The van der Waals surface area contributed by atoms with E-state index in [1.807, 2.05) is 21.1 Å². The minimum absolute atomic E-state index is 0.0439. The number of hydrogen-bond acceptors (Lipinski definition) is 10. The second-order valence-electron chi connectivity index (χ2n) is 10.3. The zero-order chi connectivity index (χ0) is 27.3. The zero-order valence-electron chi connectivity index (χ0n) is 22.7. The summed E-state index contributed by atoms with van der Waals surface area (Å²) in [5.41, 5.74) is -1.99. The number of rotatable bonds is 19. The molecule has 1 atom stereocenters. The van der Waals surface area contributed by atoms with Gasteiger partial charge in [-0.3, -0.25) is 18.6 Å². The fourth-order valence-electron chi connectivity index (χ4n) is 3.00. The number of carbonyl (C=O) groups is 2. The lowest BCUT2D eigenvalue weighted by molar-refractivity contribution is -0.870. The van der Waals surface area contributed by atoms with Gasteiger partial charge in [0.1, 0.15) is 26.4 Å². The molecular weight excluding hydrogens is 485 g/mol. The molecule has 0 aromatic rings. The number of methoxy groups -OCH3 is 2. The normalized spacial score (nSPS) is 14.6. The highest BCUT2D eigenvalue weighted by Crippen LogP contribution is 2.43. The van der Waals surface area contributed by atoms with Gasteiger partial charge in [0.15, 0.2) is 6.29 Å². The summed E-state index contributed by atoms with van der Waals surface area (Å²) in [6, 6.07) is 0. The summed E-state index contributed by atoms with van der Waals surface area (Å²) >= 11 is 0.